The third-order valence-corrected chi connectivity index (χ3v) is 12.8. The van der Waals surface area contributed by atoms with Crippen LogP contribution in [0.1, 0.15) is 49.5 Å². The molecule has 10 nitrogen and oxygen atoms in total. The molecule has 4 aromatic carbocycles. The molecule has 3 amide bonds. The number of carbonyl (C=O) groups excluding carboxylic acids is 4. The maximum atomic E-state index is 15.4. The second kappa shape index (κ2) is 16.8. The zero-order valence-electron chi connectivity index (χ0n) is 32.2. The summed E-state index contributed by atoms with van der Waals surface area (Å²) in [5.41, 5.74) is 0.481. The number of amides is 3. The summed E-state index contributed by atoms with van der Waals surface area (Å²) in [6.07, 6.45) is 2.67. The van der Waals surface area contributed by atoms with E-state index in [0.29, 0.717) is 23.2 Å². The quantitative estimate of drug-likeness (QED) is 0.0785. The van der Waals surface area contributed by atoms with Crippen LogP contribution in [-0.2, 0) is 28.7 Å². The van der Waals surface area contributed by atoms with Crippen LogP contribution in [0.25, 0.3) is 10.8 Å². The van der Waals surface area contributed by atoms with Crippen LogP contribution in [0, 0.1) is 11.8 Å². The minimum atomic E-state index is -1.44. The van der Waals surface area contributed by atoms with Crippen LogP contribution < -0.4 is 4.90 Å². The Morgan fingerprint density at radius 2 is 1.61 bits per heavy atom. The smallest absolute Gasteiger partial charge is 0.313 e. The Hall–Kier alpha value is -5.10. The fraction of sp³-hybridized carbons (Fsp3) is 0.348. The maximum absolute atomic E-state index is 15.4. The number of aliphatic hydroxyl groups excluding tert-OH is 1. The van der Waals surface area contributed by atoms with Crippen molar-refractivity contribution in [1.82, 2.24) is 9.80 Å². The number of likely N-dealkylation sites (tertiary alicyclic amines) is 1. The summed E-state index contributed by atoms with van der Waals surface area (Å²) in [5.74, 6) is -3.88. The summed E-state index contributed by atoms with van der Waals surface area (Å²) >= 11 is 3.78. The highest BCUT2D eigenvalue weighted by molar-refractivity contribution is 9.09. The van der Waals surface area contributed by atoms with Gasteiger partial charge in [-0.3, -0.25) is 19.2 Å². The number of rotatable bonds is 15. The van der Waals surface area contributed by atoms with Gasteiger partial charge >= 0.3 is 5.97 Å². The first-order valence-electron chi connectivity index (χ1n) is 19.4. The number of likely N-dealkylation sites (N-methyl/N-ethyl adjacent to an activating group) is 1. The van der Waals surface area contributed by atoms with E-state index in [9.17, 15) is 14.7 Å². The molecule has 0 aromatic heterocycles. The monoisotopic (exact) mass is 833 g/mol. The molecule has 3 aliphatic rings. The number of allylic oxidation sites excluding steroid dienone is 1. The molecular weight excluding hydrogens is 786 g/mol. The molecule has 0 aliphatic carbocycles. The molecule has 9 atom stereocenters. The molecule has 3 fully saturated rings. The van der Waals surface area contributed by atoms with Crippen LogP contribution in [0.5, 0.6) is 0 Å². The molecule has 7 rings (SSSR count). The van der Waals surface area contributed by atoms with Crippen LogP contribution in [0.2, 0.25) is 0 Å². The Morgan fingerprint density at radius 3 is 2.26 bits per heavy atom. The molecule has 4 aromatic rings. The van der Waals surface area contributed by atoms with Crippen molar-refractivity contribution in [1.29, 1.82) is 0 Å². The second-order valence-electron chi connectivity index (χ2n) is 15.1. The van der Waals surface area contributed by atoms with Crippen molar-refractivity contribution in [2.24, 2.45) is 11.8 Å². The van der Waals surface area contributed by atoms with Gasteiger partial charge in [0.05, 0.1) is 36.6 Å². The lowest BCUT2D eigenvalue weighted by Crippen LogP contribution is -2.57. The van der Waals surface area contributed by atoms with Gasteiger partial charge in [-0.15, -0.1) is 13.2 Å². The number of ether oxygens (including phenoxy) is 2. The first kappa shape index (κ1) is 40.1. The first-order valence-corrected chi connectivity index (χ1v) is 20.3. The third kappa shape index (κ3) is 7.21. The average Bonchev–Trinajstić information content (AvgIpc) is 3.84. The Bertz CT molecular complexity index is 2150. The van der Waals surface area contributed by atoms with Crippen LogP contribution in [0.15, 0.2) is 128 Å². The summed E-state index contributed by atoms with van der Waals surface area (Å²) in [7, 11) is 1.68. The molecule has 3 saturated heterocycles. The second-order valence-corrected chi connectivity index (χ2v) is 16.3. The highest BCUT2D eigenvalue weighted by atomic mass is 79.9. The Kier molecular flexibility index (Phi) is 11.8. The lowest BCUT2D eigenvalue weighted by atomic mass is 9.70. The standard InChI is InChI=1S/C46H48BrN3O7/c1-5-7-22-37(52)48(4)29(3)40(32-19-12-9-13-20-32)56-45(55)38-39-43(53)50(36(28-51)31-17-10-8-11-18-31)42(46(39)27-35(47)41(38)57-46)44(54)49(25-6-2)34-24-23-30-16-14-15-21-33(30)26-34/h5-6,8-21,23-24,26,29,35-36,38-42,51H,1-2,7,22,25,27-28H2,3-4H3/t29-,35?,36+,38-,39+,40+,41-,42-,46+/m0/s1. The number of hydrogen-bond donors (Lipinski definition) is 1. The summed E-state index contributed by atoms with van der Waals surface area (Å²) in [4.78, 5) is 62.8. The van der Waals surface area contributed by atoms with Gasteiger partial charge in [0.15, 0.2) is 0 Å². The predicted octanol–water partition coefficient (Wildman–Crippen LogP) is 6.94. The summed E-state index contributed by atoms with van der Waals surface area (Å²) in [6.45, 7) is 9.16. The number of alkyl halides is 1. The molecule has 2 bridgehead atoms. The van der Waals surface area contributed by atoms with Crippen LogP contribution >= 0.6 is 15.9 Å². The molecule has 11 heteroatoms. The molecule has 296 valence electrons. The number of aliphatic hydroxyl groups is 1. The maximum Gasteiger partial charge on any atom is 0.313 e. The lowest BCUT2D eigenvalue weighted by molar-refractivity contribution is -0.165. The SMILES string of the molecule is C=CCCC(=O)N(C)[C@@H](C)[C@@H](OC(=O)[C@@H]1[C@H]2O[C@@]3(CC2Br)[C@H](C(=O)N(CC=C)c2ccc4ccccc4c2)N([C@H](CO)c2ccccc2)C(=O)[C@@H]13)c1ccccc1. The van der Waals surface area contributed by atoms with Crippen molar-refractivity contribution in [2.75, 3.05) is 25.1 Å². The van der Waals surface area contributed by atoms with Gasteiger partial charge < -0.3 is 29.3 Å². The van der Waals surface area contributed by atoms with Gasteiger partial charge in [-0.25, -0.2) is 0 Å². The van der Waals surface area contributed by atoms with Crippen LogP contribution in [0.3, 0.4) is 0 Å². The zero-order chi connectivity index (χ0) is 40.4. The van der Waals surface area contributed by atoms with Crippen molar-refractivity contribution in [2.45, 2.75) is 66.9 Å². The molecule has 1 unspecified atom stereocenters. The van der Waals surface area contributed by atoms with E-state index in [1.165, 1.54) is 4.90 Å². The Morgan fingerprint density at radius 1 is 0.965 bits per heavy atom. The summed E-state index contributed by atoms with van der Waals surface area (Å²) < 4.78 is 13.3. The molecule has 1 N–H and O–H groups in total. The van der Waals surface area contributed by atoms with E-state index >= 15 is 9.59 Å². The summed E-state index contributed by atoms with van der Waals surface area (Å²) in [6, 6.07) is 29.2. The Labute approximate surface area is 341 Å². The molecular formula is C46H48BrN3O7. The molecule has 0 saturated carbocycles. The number of halogens is 1. The van der Waals surface area contributed by atoms with Crippen molar-refractivity contribution in [3.63, 3.8) is 0 Å². The van der Waals surface area contributed by atoms with E-state index in [-0.39, 0.29) is 25.3 Å². The number of esters is 1. The molecule has 57 heavy (non-hydrogen) atoms. The third-order valence-electron chi connectivity index (χ3n) is 11.9. The van der Waals surface area contributed by atoms with Gasteiger partial charge in [0.1, 0.15) is 17.7 Å². The first-order chi connectivity index (χ1) is 27.6. The number of benzene rings is 4. The summed E-state index contributed by atoms with van der Waals surface area (Å²) in [5, 5.41) is 13.0. The normalized spacial score (nSPS) is 25.0. The fourth-order valence-corrected chi connectivity index (χ4v) is 9.99. The van der Waals surface area contributed by atoms with Crippen LogP contribution in [-0.4, -0.2) is 87.4 Å². The van der Waals surface area contributed by atoms with Crippen molar-refractivity contribution in [3.05, 3.63) is 140 Å². The largest absolute Gasteiger partial charge is 0.455 e. The number of fused-ring (bicyclic) bond motifs is 2. The van der Waals surface area contributed by atoms with Gasteiger partial charge in [0, 0.05) is 30.5 Å². The number of anilines is 1. The predicted molar refractivity (Wildman–Crippen MR) is 222 cm³/mol. The molecule has 3 heterocycles. The van der Waals surface area contributed by atoms with Gasteiger partial charge in [0.2, 0.25) is 11.8 Å². The zero-order valence-corrected chi connectivity index (χ0v) is 33.7. The van der Waals surface area contributed by atoms with Gasteiger partial charge in [-0.05, 0) is 53.8 Å². The molecule has 0 radical (unpaired) electrons. The molecule has 1 spiro atoms. The van der Waals surface area contributed by atoms with E-state index in [4.69, 9.17) is 9.47 Å². The fourth-order valence-electron chi connectivity index (χ4n) is 9.05. The van der Waals surface area contributed by atoms with Crippen LogP contribution in [0.4, 0.5) is 5.69 Å². The van der Waals surface area contributed by atoms with E-state index in [2.05, 4.69) is 29.1 Å². The minimum Gasteiger partial charge on any atom is -0.455 e. The minimum absolute atomic E-state index is 0.128. The van der Waals surface area contributed by atoms with E-state index in [1.807, 2.05) is 110 Å². The van der Waals surface area contributed by atoms with E-state index < -0.39 is 77.0 Å². The van der Waals surface area contributed by atoms with Crippen molar-refractivity contribution < 1.29 is 33.8 Å². The van der Waals surface area contributed by atoms with Gasteiger partial charge in [-0.2, -0.15) is 0 Å². The average molecular weight is 835 g/mol. The Balaban J connectivity index is 1.30. The number of carbonyl (C=O) groups is 4. The highest BCUT2D eigenvalue weighted by Gasteiger charge is 2.78. The molecule has 3 aliphatic heterocycles. The number of hydrogen-bond acceptors (Lipinski definition) is 7. The van der Waals surface area contributed by atoms with E-state index in [0.717, 1.165) is 10.8 Å². The number of nitrogens with zero attached hydrogens (tertiary/aromatic N) is 3. The van der Waals surface area contributed by atoms with Gasteiger partial charge in [-0.1, -0.05) is 119 Å². The van der Waals surface area contributed by atoms with Crippen molar-refractivity contribution >= 4 is 56.1 Å². The lowest BCUT2D eigenvalue weighted by Gasteiger charge is -2.39. The highest BCUT2D eigenvalue weighted by Crippen LogP contribution is 2.62. The topological polar surface area (TPSA) is 117 Å². The van der Waals surface area contributed by atoms with E-state index in [1.54, 1.807) is 29.0 Å². The van der Waals surface area contributed by atoms with Crippen molar-refractivity contribution in [3.8, 4) is 0 Å². The van der Waals surface area contributed by atoms with Gasteiger partial charge in [0.25, 0.3) is 5.91 Å².